The molecule has 1 aromatic rings. The zero-order valence-corrected chi connectivity index (χ0v) is 24.1. The van der Waals surface area contributed by atoms with Gasteiger partial charge in [-0.1, -0.05) is 52.0 Å². The molecule has 3 amide bonds. The topological polar surface area (TPSA) is 150 Å². The summed E-state index contributed by atoms with van der Waals surface area (Å²) in [5.41, 5.74) is -0.109. The molecule has 1 aromatic heterocycles. The number of aliphatic hydroxyl groups is 2. The maximum Gasteiger partial charge on any atom is 0.407 e. The lowest BCUT2D eigenvalue weighted by atomic mass is 9.83. The first-order valence-electron chi connectivity index (χ1n) is 14.2. The minimum Gasteiger partial charge on any atom is -0.444 e. The second-order valence-electron chi connectivity index (χ2n) is 12.0. The van der Waals surface area contributed by atoms with Crippen molar-refractivity contribution in [3.8, 4) is 0 Å². The van der Waals surface area contributed by atoms with Crippen molar-refractivity contribution in [2.75, 3.05) is 6.54 Å². The van der Waals surface area contributed by atoms with Gasteiger partial charge in [-0.25, -0.2) is 4.79 Å². The third-order valence-corrected chi connectivity index (χ3v) is 6.73. The molecule has 4 atom stereocenters. The summed E-state index contributed by atoms with van der Waals surface area (Å²) >= 11 is 0. The number of nitrogens with one attached hydrogen (secondary N) is 3. The van der Waals surface area contributed by atoms with Crippen molar-refractivity contribution in [2.45, 2.75) is 116 Å². The molecule has 10 heteroatoms. The SMILES string of the molecule is CC(C)C[C@H](NC(=O)Cc1ccccn1)C(=O)NC[C@H](O)[C@H](O)[C@H](CC1CCCCC1)NC(=O)OC(C)(C)C. The van der Waals surface area contributed by atoms with Crippen molar-refractivity contribution in [1.29, 1.82) is 0 Å². The van der Waals surface area contributed by atoms with E-state index in [1.54, 1.807) is 45.2 Å². The lowest BCUT2D eigenvalue weighted by Gasteiger charge is -2.33. The first-order chi connectivity index (χ1) is 18.3. The summed E-state index contributed by atoms with van der Waals surface area (Å²) in [4.78, 5) is 42.2. The number of alkyl carbamates (subject to hydrolysis) is 1. The summed E-state index contributed by atoms with van der Waals surface area (Å²) in [5, 5.41) is 30.0. The predicted molar refractivity (Wildman–Crippen MR) is 149 cm³/mol. The van der Waals surface area contributed by atoms with Crippen LogP contribution in [0.25, 0.3) is 0 Å². The third-order valence-electron chi connectivity index (χ3n) is 6.73. The first kappa shape index (κ1) is 32.5. The van der Waals surface area contributed by atoms with Gasteiger partial charge in [0, 0.05) is 18.4 Å². The maximum atomic E-state index is 13.0. The van der Waals surface area contributed by atoms with Crippen LogP contribution in [0.3, 0.4) is 0 Å². The minimum absolute atomic E-state index is 0.0449. The van der Waals surface area contributed by atoms with Gasteiger partial charge in [0.05, 0.1) is 18.6 Å². The number of hydrogen-bond acceptors (Lipinski definition) is 7. The molecule has 220 valence electrons. The standard InChI is InChI=1S/C29H48N4O6/c1-19(2)15-23(32-25(35)17-21-13-9-10-14-30-21)27(37)31-18-24(34)26(36)22(16-20-11-7-6-8-12-20)33-28(38)39-29(3,4)5/h9-10,13-14,19-20,22-24,26,34,36H,6-8,11-12,15-18H2,1-5H3,(H,31,37)(H,32,35)(H,33,38)/t22-,23-,24-,26+/m0/s1. The highest BCUT2D eigenvalue weighted by atomic mass is 16.6. The molecule has 0 unspecified atom stereocenters. The molecule has 1 aliphatic rings. The van der Waals surface area contributed by atoms with Gasteiger partial charge < -0.3 is 30.9 Å². The zero-order chi connectivity index (χ0) is 29.0. The average Bonchev–Trinajstić information content (AvgIpc) is 2.85. The van der Waals surface area contributed by atoms with Crippen molar-refractivity contribution in [1.82, 2.24) is 20.9 Å². The Morgan fingerprint density at radius 2 is 1.77 bits per heavy atom. The second kappa shape index (κ2) is 15.8. The molecular formula is C29H48N4O6. The number of aromatic nitrogens is 1. The Labute approximate surface area is 232 Å². The molecule has 5 N–H and O–H groups in total. The molecular weight excluding hydrogens is 500 g/mol. The summed E-state index contributed by atoms with van der Waals surface area (Å²) in [6.07, 6.45) is 4.62. The fourth-order valence-corrected chi connectivity index (χ4v) is 4.86. The summed E-state index contributed by atoms with van der Waals surface area (Å²) in [7, 11) is 0. The van der Waals surface area contributed by atoms with Gasteiger partial charge in [0.1, 0.15) is 17.7 Å². The van der Waals surface area contributed by atoms with Crippen LogP contribution in [0, 0.1) is 11.8 Å². The Morgan fingerprint density at radius 3 is 2.36 bits per heavy atom. The molecule has 1 saturated carbocycles. The van der Waals surface area contributed by atoms with Crippen molar-refractivity contribution in [2.24, 2.45) is 11.8 Å². The summed E-state index contributed by atoms with van der Waals surface area (Å²) in [6, 6.07) is 3.76. The molecule has 1 fully saturated rings. The van der Waals surface area contributed by atoms with E-state index in [9.17, 15) is 24.6 Å². The number of rotatable bonds is 13. The Morgan fingerprint density at radius 1 is 1.08 bits per heavy atom. The number of carbonyl (C=O) groups excluding carboxylic acids is 3. The van der Waals surface area contributed by atoms with E-state index in [0.29, 0.717) is 24.5 Å². The molecule has 0 aromatic carbocycles. The molecule has 39 heavy (non-hydrogen) atoms. The van der Waals surface area contributed by atoms with Crippen LogP contribution in [-0.2, 0) is 20.7 Å². The number of amides is 3. The molecule has 10 nitrogen and oxygen atoms in total. The Bertz CT molecular complexity index is 899. The van der Waals surface area contributed by atoms with Gasteiger partial charge in [0.2, 0.25) is 11.8 Å². The fraction of sp³-hybridized carbons (Fsp3) is 0.724. The molecule has 0 bridgehead atoms. The van der Waals surface area contributed by atoms with Gasteiger partial charge in [-0.15, -0.1) is 0 Å². The fourth-order valence-electron chi connectivity index (χ4n) is 4.86. The predicted octanol–water partition coefficient (Wildman–Crippen LogP) is 2.86. The van der Waals surface area contributed by atoms with E-state index in [1.807, 2.05) is 13.8 Å². The van der Waals surface area contributed by atoms with Crippen molar-refractivity contribution in [3.05, 3.63) is 30.1 Å². The monoisotopic (exact) mass is 548 g/mol. The summed E-state index contributed by atoms with van der Waals surface area (Å²) in [5.74, 6) is -0.332. The van der Waals surface area contributed by atoms with Crippen molar-refractivity contribution in [3.63, 3.8) is 0 Å². The van der Waals surface area contributed by atoms with Crippen LogP contribution in [0.4, 0.5) is 4.79 Å². The molecule has 0 saturated heterocycles. The van der Waals surface area contributed by atoms with E-state index >= 15 is 0 Å². The van der Waals surface area contributed by atoms with Crippen molar-refractivity contribution >= 4 is 17.9 Å². The summed E-state index contributed by atoms with van der Waals surface area (Å²) < 4.78 is 5.38. The smallest absolute Gasteiger partial charge is 0.407 e. The highest BCUT2D eigenvalue weighted by Gasteiger charge is 2.33. The van der Waals surface area contributed by atoms with Gasteiger partial charge in [0.15, 0.2) is 0 Å². The number of nitrogens with zero attached hydrogens (tertiary/aromatic N) is 1. The zero-order valence-electron chi connectivity index (χ0n) is 24.1. The Hall–Kier alpha value is -2.72. The normalized spacial score (nSPS) is 17.5. The highest BCUT2D eigenvalue weighted by molar-refractivity contribution is 5.88. The number of aliphatic hydroxyl groups excluding tert-OH is 2. The third kappa shape index (κ3) is 12.8. The Balaban J connectivity index is 1.99. The lowest BCUT2D eigenvalue weighted by Crippen LogP contribution is -2.55. The van der Waals surface area contributed by atoms with Gasteiger partial charge in [-0.2, -0.15) is 0 Å². The number of pyridine rings is 1. The van der Waals surface area contributed by atoms with Gasteiger partial charge in [0.25, 0.3) is 0 Å². The lowest BCUT2D eigenvalue weighted by molar-refractivity contribution is -0.129. The number of carbonyl (C=O) groups is 3. The van der Waals surface area contributed by atoms with E-state index in [4.69, 9.17) is 4.74 Å². The van der Waals surface area contributed by atoms with Gasteiger partial charge in [-0.05, 0) is 57.6 Å². The van der Waals surface area contributed by atoms with Crippen LogP contribution in [0.1, 0.15) is 85.3 Å². The van der Waals surface area contributed by atoms with E-state index < -0.39 is 41.9 Å². The van der Waals surface area contributed by atoms with Crippen LogP contribution in [0.15, 0.2) is 24.4 Å². The van der Waals surface area contributed by atoms with E-state index in [1.165, 1.54) is 6.42 Å². The van der Waals surface area contributed by atoms with E-state index in [2.05, 4.69) is 20.9 Å². The van der Waals surface area contributed by atoms with Crippen LogP contribution < -0.4 is 16.0 Å². The minimum atomic E-state index is -1.33. The van der Waals surface area contributed by atoms with Gasteiger partial charge >= 0.3 is 6.09 Å². The van der Waals surface area contributed by atoms with E-state index in [0.717, 1.165) is 25.7 Å². The quantitative estimate of drug-likeness (QED) is 0.254. The maximum absolute atomic E-state index is 13.0. The van der Waals surface area contributed by atoms with Crippen molar-refractivity contribution < 1.29 is 29.3 Å². The molecule has 0 spiro atoms. The molecule has 0 radical (unpaired) electrons. The number of ether oxygens (including phenoxy) is 1. The Kier molecular flexibility index (Phi) is 13.1. The molecule has 1 aliphatic carbocycles. The van der Waals surface area contributed by atoms with Crippen LogP contribution in [-0.4, -0.2) is 69.5 Å². The summed E-state index contributed by atoms with van der Waals surface area (Å²) in [6.45, 7) is 8.93. The van der Waals surface area contributed by atoms with Crippen LogP contribution >= 0.6 is 0 Å². The first-order valence-corrected chi connectivity index (χ1v) is 14.2. The second-order valence-corrected chi connectivity index (χ2v) is 12.0. The van der Waals surface area contributed by atoms with E-state index in [-0.39, 0.29) is 24.8 Å². The molecule has 1 heterocycles. The van der Waals surface area contributed by atoms with Gasteiger partial charge in [-0.3, -0.25) is 14.6 Å². The highest BCUT2D eigenvalue weighted by Crippen LogP contribution is 2.28. The molecule has 2 rings (SSSR count). The molecule has 0 aliphatic heterocycles. The van der Waals surface area contributed by atoms with Crippen LogP contribution in [0.5, 0.6) is 0 Å². The average molecular weight is 549 g/mol. The number of hydrogen-bond donors (Lipinski definition) is 5. The van der Waals surface area contributed by atoms with Crippen LogP contribution in [0.2, 0.25) is 0 Å². The largest absolute Gasteiger partial charge is 0.444 e.